The topological polar surface area (TPSA) is 47.6 Å². The number of nitriles is 2. The minimum atomic E-state index is -3.10. The first-order valence-electron chi connectivity index (χ1n) is 4.33. The van der Waals surface area contributed by atoms with Gasteiger partial charge in [-0.05, 0) is 26.4 Å². The zero-order chi connectivity index (χ0) is 10.7. The molecular formula is C9H15FN2Si. The van der Waals surface area contributed by atoms with Crippen molar-refractivity contribution in [2.45, 2.75) is 38.4 Å². The lowest BCUT2D eigenvalue weighted by Gasteiger charge is -2.33. The molecule has 0 aliphatic heterocycles. The predicted molar refractivity (Wildman–Crippen MR) is 52.0 cm³/mol. The Morgan fingerprint density at radius 2 is 1.92 bits per heavy atom. The van der Waals surface area contributed by atoms with Gasteiger partial charge in [-0.2, -0.15) is 10.5 Å². The van der Waals surface area contributed by atoms with Gasteiger partial charge in [0.25, 0.3) is 8.41 Å². The highest BCUT2D eigenvalue weighted by Gasteiger charge is 2.50. The third-order valence-electron chi connectivity index (χ3n) is 2.73. The second-order valence-corrected chi connectivity index (χ2v) is 7.86. The van der Waals surface area contributed by atoms with E-state index in [1.807, 2.05) is 19.1 Å². The van der Waals surface area contributed by atoms with Gasteiger partial charge in [0, 0.05) is 0 Å². The lowest BCUT2D eigenvalue weighted by molar-refractivity contribution is 0.487. The summed E-state index contributed by atoms with van der Waals surface area (Å²) in [4.78, 5) is 0. The van der Waals surface area contributed by atoms with E-state index in [1.54, 1.807) is 6.92 Å². The molecule has 0 saturated carbocycles. The van der Waals surface area contributed by atoms with Gasteiger partial charge in [-0.1, -0.05) is 6.92 Å². The van der Waals surface area contributed by atoms with Gasteiger partial charge in [-0.15, -0.1) is 0 Å². The van der Waals surface area contributed by atoms with Gasteiger partial charge in [0.1, 0.15) is 0 Å². The number of nitrogens with zero attached hydrogens (tertiary/aromatic N) is 2. The summed E-state index contributed by atoms with van der Waals surface area (Å²) in [5, 5.41) is 16.7. The average Bonchev–Trinajstić information content (AvgIpc) is 2.04. The summed E-state index contributed by atoms with van der Waals surface area (Å²) in [5.41, 5.74) is 0. The molecule has 2 atom stereocenters. The molecule has 0 amide bonds. The molecule has 0 saturated heterocycles. The van der Waals surface area contributed by atoms with Crippen molar-refractivity contribution in [2.75, 3.05) is 0 Å². The normalized spacial score (nSPS) is 18.1. The maximum absolute atomic E-state index is 13.8. The van der Waals surface area contributed by atoms with Gasteiger partial charge in [-0.3, -0.25) is 0 Å². The summed E-state index contributed by atoms with van der Waals surface area (Å²) in [6, 6.07) is 4.01. The number of rotatable bonds is 3. The molecule has 0 radical (unpaired) electrons. The lowest BCUT2D eigenvalue weighted by atomic mass is 9.93. The molecule has 13 heavy (non-hydrogen) atoms. The largest absolute Gasteiger partial charge is 0.313 e. The predicted octanol–water partition coefficient (Wildman–Crippen LogP) is 2.99. The molecule has 0 spiro atoms. The number of hydrogen-bond acceptors (Lipinski definition) is 2. The van der Waals surface area contributed by atoms with E-state index in [0.29, 0.717) is 6.42 Å². The van der Waals surface area contributed by atoms with Gasteiger partial charge in [0.15, 0.2) is 0 Å². The van der Waals surface area contributed by atoms with Crippen molar-refractivity contribution in [1.82, 2.24) is 0 Å². The Morgan fingerprint density at radius 3 is 2.00 bits per heavy atom. The van der Waals surface area contributed by atoms with Crippen molar-refractivity contribution < 1.29 is 4.11 Å². The van der Waals surface area contributed by atoms with E-state index in [9.17, 15) is 4.11 Å². The first-order chi connectivity index (χ1) is 5.83. The third-order valence-corrected chi connectivity index (χ3v) is 5.66. The summed E-state index contributed by atoms with van der Waals surface area (Å²) in [5.74, 6) is -0.496. The van der Waals surface area contributed by atoms with E-state index in [2.05, 4.69) is 0 Å². The van der Waals surface area contributed by atoms with E-state index in [4.69, 9.17) is 10.5 Å². The van der Waals surface area contributed by atoms with Crippen molar-refractivity contribution in [1.29, 1.82) is 10.5 Å². The van der Waals surface area contributed by atoms with Crippen LogP contribution in [0.4, 0.5) is 4.11 Å². The first kappa shape index (κ1) is 12.1. The summed E-state index contributed by atoms with van der Waals surface area (Å²) in [6.45, 7) is 6.34. The van der Waals surface area contributed by atoms with Crippen LogP contribution in [0.1, 0.15) is 20.3 Å². The van der Waals surface area contributed by atoms with Crippen LogP contribution in [0.3, 0.4) is 0 Å². The minimum Gasteiger partial charge on any atom is -0.313 e. The Bertz CT molecular complexity index is 258. The summed E-state index contributed by atoms with van der Waals surface area (Å²) in [6.07, 6.45) is 0.529. The van der Waals surface area contributed by atoms with Gasteiger partial charge in [-0.25, -0.2) is 0 Å². The zero-order valence-electron chi connectivity index (χ0n) is 8.56. The van der Waals surface area contributed by atoms with Crippen LogP contribution in [0.25, 0.3) is 0 Å². The van der Waals surface area contributed by atoms with Crippen LogP contribution in [-0.4, -0.2) is 8.41 Å². The minimum absolute atomic E-state index is 0.496. The molecular weight excluding hydrogens is 183 g/mol. The van der Waals surface area contributed by atoms with Crippen molar-refractivity contribution in [3.05, 3.63) is 0 Å². The molecule has 0 bridgehead atoms. The zero-order valence-corrected chi connectivity index (χ0v) is 9.56. The van der Waals surface area contributed by atoms with Crippen molar-refractivity contribution in [2.24, 2.45) is 5.92 Å². The summed E-state index contributed by atoms with van der Waals surface area (Å²) < 4.78 is 13.8. The van der Waals surface area contributed by atoms with E-state index in [0.717, 1.165) is 0 Å². The fourth-order valence-corrected chi connectivity index (χ4v) is 2.62. The Kier molecular flexibility index (Phi) is 3.63. The molecule has 0 aromatic heterocycles. The van der Waals surface area contributed by atoms with Crippen LogP contribution in [0.15, 0.2) is 0 Å². The molecule has 72 valence electrons. The second-order valence-electron chi connectivity index (χ2n) is 3.88. The van der Waals surface area contributed by atoms with Crippen LogP contribution in [-0.2, 0) is 0 Å². The molecule has 2 nitrogen and oxygen atoms in total. The van der Waals surface area contributed by atoms with Crippen LogP contribution in [0, 0.1) is 28.6 Å². The fourth-order valence-electron chi connectivity index (χ4n) is 1.25. The second kappa shape index (κ2) is 3.89. The number of halogens is 1. The van der Waals surface area contributed by atoms with E-state index in [1.165, 1.54) is 13.1 Å². The Morgan fingerprint density at radius 1 is 1.46 bits per heavy atom. The first-order valence-corrected chi connectivity index (χ1v) is 7.21. The summed E-state index contributed by atoms with van der Waals surface area (Å²) in [7, 11) is -3.10. The third kappa shape index (κ3) is 2.08. The van der Waals surface area contributed by atoms with Crippen LogP contribution < -0.4 is 0 Å². The maximum atomic E-state index is 13.8. The highest BCUT2D eigenvalue weighted by atomic mass is 28.4. The van der Waals surface area contributed by atoms with Crippen molar-refractivity contribution >= 4 is 8.41 Å². The van der Waals surface area contributed by atoms with Crippen LogP contribution >= 0.6 is 0 Å². The van der Waals surface area contributed by atoms with E-state index in [-0.39, 0.29) is 0 Å². The van der Waals surface area contributed by atoms with Crippen molar-refractivity contribution in [3.63, 3.8) is 0 Å². The van der Waals surface area contributed by atoms with E-state index >= 15 is 0 Å². The molecule has 0 aromatic carbocycles. The summed E-state index contributed by atoms with van der Waals surface area (Å²) >= 11 is 0. The highest BCUT2D eigenvalue weighted by molar-refractivity contribution is 6.74. The van der Waals surface area contributed by atoms with Gasteiger partial charge in [0.2, 0.25) is 0 Å². The Balaban J connectivity index is 5.10. The number of hydrogen-bond donors (Lipinski definition) is 0. The van der Waals surface area contributed by atoms with Crippen LogP contribution in [0.5, 0.6) is 0 Å². The monoisotopic (exact) mass is 198 g/mol. The molecule has 0 aromatic rings. The molecule has 0 fully saturated rings. The Hall–Kier alpha value is -0.873. The van der Waals surface area contributed by atoms with Crippen LogP contribution in [0.2, 0.25) is 18.1 Å². The average molecular weight is 198 g/mol. The highest BCUT2D eigenvalue weighted by Crippen LogP contribution is 2.46. The quantitative estimate of drug-likeness (QED) is 0.517. The lowest BCUT2D eigenvalue weighted by Crippen LogP contribution is -2.40. The molecule has 0 rings (SSSR count). The molecule has 0 heterocycles. The smallest absolute Gasteiger partial charge is 0.261 e. The van der Waals surface area contributed by atoms with Gasteiger partial charge >= 0.3 is 0 Å². The fraction of sp³-hybridized carbons (Fsp3) is 0.778. The van der Waals surface area contributed by atoms with E-state index < -0.39 is 19.4 Å². The van der Waals surface area contributed by atoms with Crippen molar-refractivity contribution in [3.8, 4) is 12.1 Å². The van der Waals surface area contributed by atoms with Gasteiger partial charge < -0.3 is 4.11 Å². The molecule has 0 N–H and O–H groups in total. The standard InChI is InChI=1S/C9H15FN2Si/c1-5-8(6-11)9(2,7-12)13(3,4)10/h8H,5H2,1-4H3. The molecule has 2 unspecified atom stereocenters. The van der Waals surface area contributed by atoms with Gasteiger partial charge in [0.05, 0.1) is 23.1 Å². The SMILES string of the molecule is CCC(C#N)C(C)(C#N)[Si](C)(C)F. The molecule has 0 aliphatic carbocycles. The molecule has 4 heteroatoms. The Labute approximate surface area is 80.2 Å². The maximum Gasteiger partial charge on any atom is 0.261 e. The molecule has 0 aliphatic rings.